The molecule has 1 rings (SSSR count). The van der Waals surface area contributed by atoms with Crippen molar-refractivity contribution in [1.82, 2.24) is 4.72 Å². The van der Waals surface area contributed by atoms with Crippen LogP contribution in [0.4, 0.5) is 0 Å². The number of rotatable bonds is 7. The third kappa shape index (κ3) is 4.44. The van der Waals surface area contributed by atoms with Crippen LogP contribution in [0.3, 0.4) is 0 Å². The smallest absolute Gasteiger partial charge is 0.321 e. The van der Waals surface area contributed by atoms with E-state index in [0.29, 0.717) is 0 Å². The van der Waals surface area contributed by atoms with Gasteiger partial charge in [-0.25, -0.2) is 8.42 Å². The molecule has 0 amide bonds. The van der Waals surface area contributed by atoms with E-state index < -0.39 is 22.0 Å². The van der Waals surface area contributed by atoms with Gasteiger partial charge in [0.1, 0.15) is 16.7 Å². The van der Waals surface area contributed by atoms with Crippen molar-refractivity contribution in [3.63, 3.8) is 0 Å². The molecular weight excluding hydrogens is 308 g/mol. The van der Waals surface area contributed by atoms with Crippen LogP contribution < -0.4 is 9.46 Å². The van der Waals surface area contributed by atoms with Gasteiger partial charge < -0.3 is 9.84 Å². The highest BCUT2D eigenvalue weighted by atomic mass is 32.2. The van der Waals surface area contributed by atoms with E-state index in [1.807, 2.05) is 6.07 Å². The van der Waals surface area contributed by atoms with Crippen LogP contribution in [0.1, 0.15) is 25.8 Å². The second kappa shape index (κ2) is 7.24. The van der Waals surface area contributed by atoms with Crippen molar-refractivity contribution in [1.29, 1.82) is 5.26 Å². The molecule has 2 N–H and O–H groups in total. The molecule has 0 saturated heterocycles. The highest BCUT2D eigenvalue weighted by Gasteiger charge is 2.28. The number of sulfonamides is 1. The Kier molecular flexibility index (Phi) is 5.91. The average Bonchev–Trinajstić information content (AvgIpc) is 2.44. The zero-order chi connectivity index (χ0) is 16.9. The van der Waals surface area contributed by atoms with Crippen LogP contribution in [0.2, 0.25) is 0 Å². The van der Waals surface area contributed by atoms with E-state index in [1.54, 1.807) is 13.8 Å². The molecule has 0 fully saturated rings. The maximum atomic E-state index is 12.4. The number of hydrogen-bond acceptors (Lipinski definition) is 5. The number of aliphatic carboxylic acids is 1. The summed E-state index contributed by atoms with van der Waals surface area (Å²) in [4.78, 5) is 11.0. The van der Waals surface area contributed by atoms with Crippen molar-refractivity contribution >= 4 is 16.0 Å². The average molecular weight is 326 g/mol. The van der Waals surface area contributed by atoms with E-state index in [0.717, 1.165) is 0 Å². The van der Waals surface area contributed by atoms with E-state index in [9.17, 15) is 13.2 Å². The lowest BCUT2D eigenvalue weighted by Gasteiger charge is -2.17. The third-order valence-corrected chi connectivity index (χ3v) is 4.40. The Labute approximate surface area is 129 Å². The Balaban J connectivity index is 3.18. The lowest BCUT2D eigenvalue weighted by Crippen LogP contribution is -2.41. The van der Waals surface area contributed by atoms with Gasteiger partial charge in [-0.3, -0.25) is 4.79 Å². The second-order valence-corrected chi connectivity index (χ2v) is 6.80. The maximum absolute atomic E-state index is 12.4. The summed E-state index contributed by atoms with van der Waals surface area (Å²) < 4.78 is 31.9. The summed E-state index contributed by atoms with van der Waals surface area (Å²) in [6.07, 6.45) is 0.160. The highest BCUT2D eigenvalue weighted by Crippen LogP contribution is 2.25. The molecule has 0 radical (unpaired) electrons. The summed E-state index contributed by atoms with van der Waals surface area (Å²) in [5, 5.41) is 18.0. The van der Waals surface area contributed by atoms with E-state index in [2.05, 4.69) is 4.72 Å². The van der Waals surface area contributed by atoms with Gasteiger partial charge in [0.15, 0.2) is 0 Å². The number of ether oxygens (including phenoxy) is 1. The largest absolute Gasteiger partial charge is 0.495 e. The Hall–Kier alpha value is -2.11. The van der Waals surface area contributed by atoms with Gasteiger partial charge in [0, 0.05) is 0 Å². The third-order valence-electron chi connectivity index (χ3n) is 2.88. The molecule has 0 aliphatic carbocycles. The molecular formula is C14H18N2O5S. The van der Waals surface area contributed by atoms with Gasteiger partial charge in [0.05, 0.1) is 18.7 Å². The number of nitrogens with zero attached hydrogens (tertiary/aromatic N) is 1. The first-order chi connectivity index (χ1) is 10.2. The van der Waals surface area contributed by atoms with Crippen molar-refractivity contribution in [3.8, 4) is 11.8 Å². The number of nitriles is 1. The highest BCUT2D eigenvalue weighted by molar-refractivity contribution is 7.89. The SMILES string of the molecule is COc1cc(C#N)ccc1S(=O)(=O)N[C@@H](CC(C)C)C(=O)O. The second-order valence-electron chi connectivity index (χ2n) is 5.12. The van der Waals surface area contributed by atoms with Crippen LogP contribution in [0.5, 0.6) is 5.75 Å². The summed E-state index contributed by atoms with van der Waals surface area (Å²) >= 11 is 0. The Morgan fingerprint density at radius 2 is 2.09 bits per heavy atom. The van der Waals surface area contributed by atoms with Crippen LogP contribution in [-0.2, 0) is 14.8 Å². The van der Waals surface area contributed by atoms with Crippen LogP contribution in [-0.4, -0.2) is 32.6 Å². The summed E-state index contributed by atoms with van der Waals surface area (Å²) in [5.41, 5.74) is 0.243. The normalized spacial score (nSPS) is 12.7. The van der Waals surface area contributed by atoms with E-state index >= 15 is 0 Å². The molecule has 1 aromatic carbocycles. The van der Waals surface area contributed by atoms with Crippen molar-refractivity contribution in [2.45, 2.75) is 31.2 Å². The molecule has 7 nitrogen and oxygen atoms in total. The first-order valence-electron chi connectivity index (χ1n) is 6.54. The number of carbonyl (C=O) groups is 1. The van der Waals surface area contributed by atoms with Crippen LogP contribution in [0.25, 0.3) is 0 Å². The molecule has 0 saturated carbocycles. The predicted octanol–water partition coefficient (Wildman–Crippen LogP) is 1.34. The quantitative estimate of drug-likeness (QED) is 0.781. The molecule has 120 valence electrons. The fourth-order valence-electron chi connectivity index (χ4n) is 1.88. The van der Waals surface area contributed by atoms with E-state index in [1.165, 1.54) is 25.3 Å². The first-order valence-corrected chi connectivity index (χ1v) is 8.03. The predicted molar refractivity (Wildman–Crippen MR) is 78.9 cm³/mol. The van der Waals surface area contributed by atoms with Gasteiger partial charge in [-0.05, 0) is 30.5 Å². The van der Waals surface area contributed by atoms with Crippen molar-refractivity contribution in [2.75, 3.05) is 7.11 Å². The molecule has 1 aromatic rings. The van der Waals surface area contributed by atoms with Crippen LogP contribution in [0.15, 0.2) is 23.1 Å². The van der Waals surface area contributed by atoms with Crippen molar-refractivity contribution in [2.24, 2.45) is 5.92 Å². The zero-order valence-electron chi connectivity index (χ0n) is 12.5. The fraction of sp³-hybridized carbons (Fsp3) is 0.429. The van der Waals surface area contributed by atoms with Crippen LogP contribution >= 0.6 is 0 Å². The lowest BCUT2D eigenvalue weighted by molar-refractivity contribution is -0.139. The molecule has 0 bridgehead atoms. The minimum atomic E-state index is -4.08. The monoisotopic (exact) mass is 326 g/mol. The van der Waals surface area contributed by atoms with Crippen molar-refractivity contribution < 1.29 is 23.1 Å². The number of carboxylic acid groups (broad SMARTS) is 1. The summed E-state index contributed by atoms with van der Waals surface area (Å²) in [6, 6.07) is 4.47. The fourth-order valence-corrected chi connectivity index (χ4v) is 3.23. The number of carboxylic acids is 1. The minimum Gasteiger partial charge on any atom is -0.495 e. The minimum absolute atomic E-state index is 0.00617. The van der Waals surface area contributed by atoms with Gasteiger partial charge >= 0.3 is 5.97 Å². The molecule has 1 atom stereocenters. The van der Waals surface area contributed by atoms with E-state index in [4.69, 9.17) is 15.1 Å². The molecule has 0 aliphatic rings. The molecule has 0 spiro atoms. The molecule has 8 heteroatoms. The first kappa shape index (κ1) is 17.9. The molecule has 0 heterocycles. The van der Waals surface area contributed by atoms with Gasteiger partial charge in [0.2, 0.25) is 10.0 Å². The van der Waals surface area contributed by atoms with Gasteiger partial charge in [-0.2, -0.15) is 9.98 Å². The van der Waals surface area contributed by atoms with Gasteiger partial charge in [-0.1, -0.05) is 13.8 Å². The molecule has 0 unspecified atom stereocenters. The lowest BCUT2D eigenvalue weighted by atomic mass is 10.1. The van der Waals surface area contributed by atoms with Crippen LogP contribution in [0, 0.1) is 17.2 Å². The molecule has 0 aliphatic heterocycles. The van der Waals surface area contributed by atoms with E-state index in [-0.39, 0.29) is 28.5 Å². The Morgan fingerprint density at radius 1 is 1.45 bits per heavy atom. The number of nitrogens with one attached hydrogen (secondary N) is 1. The molecule has 0 aromatic heterocycles. The number of benzene rings is 1. The number of hydrogen-bond donors (Lipinski definition) is 2. The maximum Gasteiger partial charge on any atom is 0.321 e. The van der Waals surface area contributed by atoms with Gasteiger partial charge in [-0.15, -0.1) is 0 Å². The topological polar surface area (TPSA) is 116 Å². The Bertz CT molecular complexity index is 692. The summed E-state index contributed by atoms with van der Waals surface area (Å²) in [5.74, 6) is -1.25. The Morgan fingerprint density at radius 3 is 2.55 bits per heavy atom. The molecule has 22 heavy (non-hydrogen) atoms. The summed E-state index contributed by atoms with van der Waals surface area (Å²) in [7, 11) is -2.81. The van der Waals surface area contributed by atoms with Crippen molar-refractivity contribution in [3.05, 3.63) is 23.8 Å². The zero-order valence-corrected chi connectivity index (χ0v) is 13.3. The van der Waals surface area contributed by atoms with Gasteiger partial charge in [0.25, 0.3) is 0 Å². The summed E-state index contributed by atoms with van der Waals surface area (Å²) in [6.45, 7) is 3.60. The standard InChI is InChI=1S/C14H18N2O5S/c1-9(2)6-11(14(17)18)16-22(19,20)13-5-4-10(8-15)7-12(13)21-3/h4-5,7,9,11,16H,6H2,1-3H3,(H,17,18)/t11-/m0/s1. The number of methoxy groups -OCH3 is 1.